The first-order chi connectivity index (χ1) is 13.7. The normalized spacial score (nSPS) is 19.6. The topological polar surface area (TPSA) is 0 Å². The van der Waals surface area contributed by atoms with Crippen molar-refractivity contribution in [2.45, 2.75) is 57.8 Å². The number of hydrogen-bond acceptors (Lipinski definition) is 2. The molecule has 0 nitrogen and oxygen atoms in total. The van der Waals surface area contributed by atoms with Gasteiger partial charge in [0.2, 0.25) is 0 Å². The molecule has 150 valence electrons. The van der Waals surface area contributed by atoms with Crippen molar-refractivity contribution in [3.05, 3.63) is 64.1 Å². The highest BCUT2D eigenvalue weighted by molar-refractivity contribution is 8.03. The molecule has 2 heterocycles. The molecule has 0 unspecified atom stereocenters. The van der Waals surface area contributed by atoms with Gasteiger partial charge in [-0.1, -0.05) is 51.7 Å². The zero-order chi connectivity index (χ0) is 21.1. The summed E-state index contributed by atoms with van der Waals surface area (Å²) in [6.07, 6.45) is 6.61. The molecule has 0 aromatic heterocycles. The average Bonchev–Trinajstić information content (AvgIpc) is 2.66. The number of allylic oxidation sites excluding steroid dienone is 4. The largest absolute Gasteiger partial charge is 0.126 e. The Morgan fingerprint density at radius 3 is 2.55 bits per heavy atom. The number of fused-ring (bicyclic) bond motifs is 1. The lowest BCUT2D eigenvalue weighted by Gasteiger charge is -2.32. The Hall–Kier alpha value is -1.74. The highest BCUT2D eigenvalue weighted by Crippen LogP contribution is 2.43. The summed E-state index contributed by atoms with van der Waals surface area (Å²) >= 11 is 3.87. The minimum Gasteiger partial charge on any atom is -0.126 e. The molecule has 0 atom stereocenters. The molecule has 3 rings (SSSR count). The average molecular weight is 419 g/mol. The van der Waals surface area contributed by atoms with Crippen LogP contribution in [0.3, 0.4) is 0 Å². The Bertz CT molecular complexity index is 994. The van der Waals surface area contributed by atoms with Gasteiger partial charge in [-0.05, 0) is 89.9 Å². The molecule has 0 saturated carbocycles. The molecule has 1 aromatic rings. The maximum Gasteiger partial charge on any atom is 0.0259 e. The third-order valence-electron chi connectivity index (χ3n) is 5.99. The van der Waals surface area contributed by atoms with Crippen molar-refractivity contribution in [2.24, 2.45) is 5.41 Å². The quantitative estimate of drug-likeness (QED) is 0.363. The molecule has 0 bridgehead atoms. The number of thioether (sulfide) groups is 2. The maximum atomic E-state index is 4.06. The molecule has 0 spiro atoms. The monoisotopic (exact) mass is 418 g/mol. The second-order valence-electron chi connectivity index (χ2n) is 9.02. The molecule has 1 aromatic carbocycles. The van der Waals surface area contributed by atoms with Crippen molar-refractivity contribution < 1.29 is 0 Å². The van der Waals surface area contributed by atoms with Crippen molar-refractivity contribution in [3.8, 4) is 23.7 Å². The first-order valence-corrected chi connectivity index (χ1v) is 12.2. The molecule has 0 radical (unpaired) electrons. The van der Waals surface area contributed by atoms with Crippen molar-refractivity contribution in [3.63, 3.8) is 0 Å². The Labute approximate surface area is 185 Å². The van der Waals surface area contributed by atoms with Gasteiger partial charge in [-0.3, -0.25) is 0 Å². The zero-order valence-corrected chi connectivity index (χ0v) is 19.9. The van der Waals surface area contributed by atoms with Crippen molar-refractivity contribution >= 4 is 23.5 Å². The van der Waals surface area contributed by atoms with Crippen LogP contribution in [0.1, 0.15) is 58.6 Å². The van der Waals surface area contributed by atoms with Gasteiger partial charge < -0.3 is 0 Å². The van der Waals surface area contributed by atoms with E-state index in [-0.39, 0.29) is 10.8 Å². The number of benzene rings is 1. The van der Waals surface area contributed by atoms with Crippen LogP contribution in [-0.4, -0.2) is 11.5 Å². The Morgan fingerprint density at radius 1 is 1.03 bits per heavy atom. The minimum absolute atomic E-state index is 0.224. The summed E-state index contributed by atoms with van der Waals surface area (Å²) < 4.78 is 0. The van der Waals surface area contributed by atoms with Crippen molar-refractivity contribution in [2.75, 3.05) is 11.5 Å². The van der Waals surface area contributed by atoms with Gasteiger partial charge in [-0.2, -0.15) is 0 Å². The fraction of sp³-hybridized carbons (Fsp3) is 0.407. The molecular weight excluding hydrogens is 388 g/mol. The third kappa shape index (κ3) is 5.45. The summed E-state index contributed by atoms with van der Waals surface area (Å²) in [5.41, 5.74) is 5.21. The molecular formula is C27H30S2. The van der Waals surface area contributed by atoms with E-state index in [9.17, 15) is 0 Å². The van der Waals surface area contributed by atoms with Gasteiger partial charge in [0, 0.05) is 20.9 Å². The second-order valence-corrected chi connectivity index (χ2v) is 11.3. The molecule has 0 N–H and O–H groups in total. The van der Waals surface area contributed by atoms with E-state index in [0.29, 0.717) is 0 Å². The van der Waals surface area contributed by atoms with Crippen LogP contribution in [-0.2, 0) is 5.41 Å². The summed E-state index contributed by atoms with van der Waals surface area (Å²) in [6.45, 7) is 15.6. The fourth-order valence-electron chi connectivity index (χ4n) is 3.46. The summed E-state index contributed by atoms with van der Waals surface area (Å²) in [7, 11) is 0. The predicted molar refractivity (Wildman–Crippen MR) is 131 cm³/mol. The van der Waals surface area contributed by atoms with Crippen LogP contribution in [0.15, 0.2) is 57.9 Å². The lowest BCUT2D eigenvalue weighted by atomic mass is 9.81. The lowest BCUT2D eigenvalue weighted by Crippen LogP contribution is -2.22. The first kappa shape index (κ1) is 22.0. The maximum absolute atomic E-state index is 4.06. The summed E-state index contributed by atoms with van der Waals surface area (Å²) in [6, 6.07) is 6.55. The Kier molecular flexibility index (Phi) is 6.78. The van der Waals surface area contributed by atoms with Gasteiger partial charge in [0.1, 0.15) is 0 Å². The van der Waals surface area contributed by atoms with E-state index in [1.807, 2.05) is 29.6 Å². The Morgan fingerprint density at radius 2 is 1.76 bits per heavy atom. The van der Waals surface area contributed by atoms with E-state index in [4.69, 9.17) is 0 Å². The van der Waals surface area contributed by atoms with E-state index in [2.05, 4.69) is 89.2 Å². The van der Waals surface area contributed by atoms with Crippen LogP contribution in [0.4, 0.5) is 0 Å². The lowest BCUT2D eigenvalue weighted by molar-refractivity contribution is 0.429. The molecule has 2 aliphatic heterocycles. The second kappa shape index (κ2) is 8.95. The highest BCUT2D eigenvalue weighted by atomic mass is 32.2. The van der Waals surface area contributed by atoms with E-state index in [0.717, 1.165) is 11.1 Å². The van der Waals surface area contributed by atoms with E-state index in [1.54, 1.807) is 0 Å². The predicted octanol–water partition coefficient (Wildman–Crippen LogP) is 7.36. The van der Waals surface area contributed by atoms with Gasteiger partial charge in [0.15, 0.2) is 0 Å². The van der Waals surface area contributed by atoms with Crippen LogP contribution in [0.2, 0.25) is 0 Å². The molecule has 0 amide bonds. The van der Waals surface area contributed by atoms with Crippen molar-refractivity contribution in [1.29, 1.82) is 0 Å². The van der Waals surface area contributed by atoms with Crippen LogP contribution < -0.4 is 0 Å². The van der Waals surface area contributed by atoms with Gasteiger partial charge in [-0.15, -0.1) is 23.5 Å². The smallest absolute Gasteiger partial charge is 0.0259 e. The highest BCUT2D eigenvalue weighted by Gasteiger charge is 2.28. The van der Waals surface area contributed by atoms with Gasteiger partial charge in [-0.25, -0.2) is 0 Å². The SMILES string of the molecule is C=C(C#CC#Cc1ccc2c(c1)C(C)(C)CCS2)/C=C\C1=C(C)C(C)(C)CCS1. The van der Waals surface area contributed by atoms with Crippen molar-refractivity contribution in [1.82, 2.24) is 0 Å². The van der Waals surface area contributed by atoms with Crippen LogP contribution in [0, 0.1) is 29.1 Å². The van der Waals surface area contributed by atoms with Crippen LogP contribution in [0.5, 0.6) is 0 Å². The van der Waals surface area contributed by atoms with Gasteiger partial charge >= 0.3 is 0 Å². The summed E-state index contributed by atoms with van der Waals surface area (Å²) in [5, 5.41) is 0. The fourth-order valence-corrected chi connectivity index (χ4v) is 6.44. The summed E-state index contributed by atoms with van der Waals surface area (Å²) in [4.78, 5) is 2.74. The summed E-state index contributed by atoms with van der Waals surface area (Å²) in [5.74, 6) is 14.6. The molecule has 0 fully saturated rings. The van der Waals surface area contributed by atoms with E-state index >= 15 is 0 Å². The van der Waals surface area contributed by atoms with Gasteiger partial charge in [0.25, 0.3) is 0 Å². The molecule has 2 aliphatic rings. The zero-order valence-electron chi connectivity index (χ0n) is 18.2. The number of rotatable bonds is 2. The van der Waals surface area contributed by atoms with E-state index in [1.165, 1.54) is 45.3 Å². The molecule has 0 saturated heterocycles. The third-order valence-corrected chi connectivity index (χ3v) is 8.23. The van der Waals surface area contributed by atoms with E-state index < -0.39 is 0 Å². The molecule has 0 aliphatic carbocycles. The molecule has 2 heteroatoms. The van der Waals surface area contributed by atoms with Crippen LogP contribution >= 0.6 is 23.5 Å². The standard InChI is InChI=1S/C27H30S2/c1-20(11-13-24-21(2)26(3,4)15-17-28-24)9-7-8-10-22-12-14-25-23(19-22)27(5,6)16-18-29-25/h11-14,19H,1,15-18H2,2-6H3/b13-11-. The van der Waals surface area contributed by atoms with Gasteiger partial charge in [0.05, 0.1) is 0 Å². The van der Waals surface area contributed by atoms with Crippen LogP contribution in [0.25, 0.3) is 0 Å². The Balaban J connectivity index is 1.68. The first-order valence-electron chi connectivity index (χ1n) is 10.2. The minimum atomic E-state index is 0.224. The number of hydrogen-bond donors (Lipinski definition) is 0. The molecule has 29 heavy (non-hydrogen) atoms.